The van der Waals surface area contributed by atoms with Gasteiger partial charge in [-0.05, 0) is 24.6 Å². The van der Waals surface area contributed by atoms with Crippen molar-refractivity contribution in [3.8, 4) is 0 Å². The lowest BCUT2D eigenvalue weighted by Crippen LogP contribution is -2.44. The number of halogens is 1. The van der Waals surface area contributed by atoms with Gasteiger partial charge in [0.1, 0.15) is 5.82 Å². The summed E-state index contributed by atoms with van der Waals surface area (Å²) in [7, 11) is 0. The summed E-state index contributed by atoms with van der Waals surface area (Å²) in [6, 6.07) is 6.32. The second-order valence-electron chi connectivity index (χ2n) is 4.53. The number of hydrogen-bond donors (Lipinski definition) is 0. The highest BCUT2D eigenvalue weighted by Crippen LogP contribution is 2.20. The molecule has 0 bridgehead atoms. The Labute approximate surface area is 111 Å². The van der Waals surface area contributed by atoms with Gasteiger partial charge in [0.15, 0.2) is 0 Å². The van der Waals surface area contributed by atoms with Crippen LogP contribution < -0.4 is 5.01 Å². The summed E-state index contributed by atoms with van der Waals surface area (Å²) in [4.78, 5) is 4.62. The molecular weight excluding hydrogens is 250 g/mol. The fourth-order valence-electron chi connectivity index (χ4n) is 2.38. The van der Waals surface area contributed by atoms with Crippen molar-refractivity contribution in [1.29, 1.82) is 0 Å². The number of ether oxygens (including phenoxy) is 1. The Bertz CT molecular complexity index is 561. The molecule has 4 nitrogen and oxygen atoms in total. The first-order chi connectivity index (χ1) is 8.79. The highest BCUT2D eigenvalue weighted by atomic mass is 35.5. The van der Waals surface area contributed by atoms with Crippen molar-refractivity contribution < 1.29 is 4.74 Å². The lowest BCUT2D eigenvalue weighted by atomic mass is 10.2. The van der Waals surface area contributed by atoms with Gasteiger partial charge in [0, 0.05) is 0 Å². The quantitative estimate of drug-likeness (QED) is 0.779. The number of morpholine rings is 1. The predicted molar refractivity (Wildman–Crippen MR) is 72.8 cm³/mol. The molecule has 5 heteroatoms. The molecule has 18 heavy (non-hydrogen) atoms. The SMILES string of the molecule is Cc1ccc2c(c1)nc(CCl)n2N1CCOCC1. The van der Waals surface area contributed by atoms with E-state index < -0.39 is 0 Å². The van der Waals surface area contributed by atoms with E-state index in [1.165, 1.54) is 5.56 Å². The van der Waals surface area contributed by atoms with Crippen LogP contribution in [0.3, 0.4) is 0 Å². The van der Waals surface area contributed by atoms with Crippen molar-refractivity contribution in [3.63, 3.8) is 0 Å². The van der Waals surface area contributed by atoms with Gasteiger partial charge in [0.05, 0.1) is 43.2 Å². The third kappa shape index (κ3) is 1.95. The number of aryl methyl sites for hydroxylation is 1. The van der Waals surface area contributed by atoms with Crippen molar-refractivity contribution >= 4 is 22.6 Å². The van der Waals surface area contributed by atoms with Gasteiger partial charge < -0.3 is 9.75 Å². The number of aromatic nitrogens is 2. The maximum Gasteiger partial charge on any atom is 0.143 e. The van der Waals surface area contributed by atoms with Crippen LogP contribution in [0.5, 0.6) is 0 Å². The van der Waals surface area contributed by atoms with E-state index in [-0.39, 0.29) is 0 Å². The second kappa shape index (κ2) is 4.78. The van der Waals surface area contributed by atoms with Crippen LogP contribution in [0.25, 0.3) is 11.0 Å². The molecule has 1 saturated heterocycles. The van der Waals surface area contributed by atoms with Gasteiger partial charge in [0.25, 0.3) is 0 Å². The molecular formula is C13H16ClN3O. The highest BCUT2D eigenvalue weighted by Gasteiger charge is 2.18. The zero-order valence-corrected chi connectivity index (χ0v) is 11.2. The van der Waals surface area contributed by atoms with Gasteiger partial charge >= 0.3 is 0 Å². The molecule has 0 saturated carbocycles. The predicted octanol–water partition coefficient (Wildman–Crippen LogP) is 2.05. The van der Waals surface area contributed by atoms with E-state index in [0.717, 1.165) is 43.2 Å². The van der Waals surface area contributed by atoms with Gasteiger partial charge in [-0.2, -0.15) is 0 Å². The number of imidazole rings is 1. The number of fused-ring (bicyclic) bond motifs is 1. The van der Waals surface area contributed by atoms with Crippen molar-refractivity contribution in [2.75, 3.05) is 31.3 Å². The molecule has 2 aromatic rings. The second-order valence-corrected chi connectivity index (χ2v) is 4.80. The highest BCUT2D eigenvalue weighted by molar-refractivity contribution is 6.16. The van der Waals surface area contributed by atoms with E-state index in [4.69, 9.17) is 16.3 Å². The standard InChI is InChI=1S/C13H16ClN3O/c1-10-2-3-12-11(8-10)15-13(9-14)17(12)16-4-6-18-7-5-16/h2-3,8H,4-7,9H2,1H3. The maximum atomic E-state index is 6.02. The van der Waals surface area contributed by atoms with Crippen LogP contribution >= 0.6 is 11.6 Å². The molecule has 3 rings (SSSR count). The zero-order chi connectivity index (χ0) is 12.5. The third-order valence-electron chi connectivity index (χ3n) is 3.24. The van der Waals surface area contributed by atoms with E-state index in [1.807, 2.05) is 0 Å². The van der Waals surface area contributed by atoms with Crippen molar-refractivity contribution in [3.05, 3.63) is 29.6 Å². The third-order valence-corrected chi connectivity index (χ3v) is 3.48. The van der Waals surface area contributed by atoms with Crippen LogP contribution in [0.4, 0.5) is 0 Å². The summed E-state index contributed by atoms with van der Waals surface area (Å²) in [5, 5.41) is 2.26. The topological polar surface area (TPSA) is 30.3 Å². The maximum absolute atomic E-state index is 6.02. The smallest absolute Gasteiger partial charge is 0.143 e. The summed E-state index contributed by atoms with van der Waals surface area (Å²) in [6.45, 7) is 5.35. The molecule has 0 N–H and O–H groups in total. The fraction of sp³-hybridized carbons (Fsp3) is 0.462. The Balaban J connectivity index is 2.12. The van der Waals surface area contributed by atoms with Gasteiger partial charge in [0.2, 0.25) is 0 Å². The zero-order valence-electron chi connectivity index (χ0n) is 10.4. The molecule has 0 unspecified atom stereocenters. The van der Waals surface area contributed by atoms with E-state index in [1.54, 1.807) is 0 Å². The minimum atomic E-state index is 0.422. The molecule has 1 aromatic carbocycles. The van der Waals surface area contributed by atoms with Crippen molar-refractivity contribution in [2.45, 2.75) is 12.8 Å². The van der Waals surface area contributed by atoms with Crippen LogP contribution in [0, 0.1) is 6.92 Å². The van der Waals surface area contributed by atoms with Gasteiger partial charge in [-0.1, -0.05) is 6.07 Å². The minimum absolute atomic E-state index is 0.422. The monoisotopic (exact) mass is 265 g/mol. The first kappa shape index (κ1) is 11.8. The molecule has 1 aliphatic heterocycles. The molecule has 0 radical (unpaired) electrons. The summed E-state index contributed by atoms with van der Waals surface area (Å²) >= 11 is 6.02. The van der Waals surface area contributed by atoms with Crippen molar-refractivity contribution in [2.24, 2.45) is 0 Å². The van der Waals surface area contributed by atoms with Crippen LogP contribution in [0.2, 0.25) is 0 Å². The summed E-state index contributed by atoms with van der Waals surface area (Å²) in [5.74, 6) is 1.32. The molecule has 1 fully saturated rings. The molecule has 96 valence electrons. The molecule has 2 heterocycles. The number of alkyl halides is 1. The van der Waals surface area contributed by atoms with Crippen molar-refractivity contribution in [1.82, 2.24) is 9.66 Å². The Morgan fingerprint density at radius 3 is 2.83 bits per heavy atom. The Hall–Kier alpha value is -1.26. The van der Waals surface area contributed by atoms with E-state index in [9.17, 15) is 0 Å². The lowest BCUT2D eigenvalue weighted by molar-refractivity contribution is 0.111. The van der Waals surface area contributed by atoms with E-state index in [0.29, 0.717) is 5.88 Å². The number of rotatable bonds is 2. The molecule has 0 aliphatic carbocycles. The normalized spacial score (nSPS) is 16.4. The van der Waals surface area contributed by atoms with Crippen LogP contribution in [-0.4, -0.2) is 36.0 Å². The molecule has 1 aromatic heterocycles. The summed E-state index contributed by atoms with van der Waals surface area (Å²) < 4.78 is 7.54. The van der Waals surface area contributed by atoms with E-state index in [2.05, 4.69) is 39.8 Å². The Morgan fingerprint density at radius 2 is 2.11 bits per heavy atom. The lowest BCUT2D eigenvalue weighted by Gasteiger charge is -2.31. The number of benzene rings is 1. The van der Waals surface area contributed by atoms with Crippen LogP contribution in [-0.2, 0) is 10.6 Å². The largest absolute Gasteiger partial charge is 0.378 e. The fourth-order valence-corrected chi connectivity index (χ4v) is 2.56. The molecule has 0 atom stereocenters. The average molecular weight is 266 g/mol. The van der Waals surface area contributed by atoms with Gasteiger partial charge in [-0.3, -0.25) is 0 Å². The number of nitrogens with zero attached hydrogens (tertiary/aromatic N) is 3. The summed E-state index contributed by atoms with van der Waals surface area (Å²) in [6.07, 6.45) is 0. The molecule has 1 aliphatic rings. The van der Waals surface area contributed by atoms with E-state index >= 15 is 0 Å². The molecule has 0 spiro atoms. The Kier molecular flexibility index (Phi) is 3.14. The summed E-state index contributed by atoms with van der Waals surface area (Å²) in [5.41, 5.74) is 3.35. The first-order valence-corrected chi connectivity index (χ1v) is 6.70. The Morgan fingerprint density at radius 1 is 1.33 bits per heavy atom. The minimum Gasteiger partial charge on any atom is -0.378 e. The number of hydrogen-bond acceptors (Lipinski definition) is 3. The van der Waals surface area contributed by atoms with Crippen LogP contribution in [0.1, 0.15) is 11.4 Å². The first-order valence-electron chi connectivity index (χ1n) is 6.16. The van der Waals surface area contributed by atoms with Gasteiger partial charge in [-0.25, -0.2) is 9.66 Å². The molecule has 0 amide bonds. The average Bonchev–Trinajstić information content (AvgIpc) is 2.77. The van der Waals surface area contributed by atoms with Gasteiger partial charge in [-0.15, -0.1) is 11.6 Å². The van der Waals surface area contributed by atoms with Crippen LogP contribution in [0.15, 0.2) is 18.2 Å².